The number of nitrogens with zero attached hydrogens (tertiary/aromatic N) is 2. The molecule has 2 heterocycles. The van der Waals surface area contributed by atoms with Crippen LogP contribution in [0.4, 0.5) is 10.1 Å². The Labute approximate surface area is 102 Å². The molecule has 0 saturated heterocycles. The van der Waals surface area contributed by atoms with Gasteiger partial charge in [0.25, 0.3) is 0 Å². The highest BCUT2D eigenvalue weighted by Gasteiger charge is 2.13. The van der Waals surface area contributed by atoms with E-state index in [2.05, 4.69) is 9.97 Å². The molecule has 0 fully saturated rings. The van der Waals surface area contributed by atoms with Crippen LogP contribution in [0.2, 0.25) is 0 Å². The Morgan fingerprint density at radius 3 is 2.83 bits per heavy atom. The Morgan fingerprint density at radius 2 is 2.00 bits per heavy atom. The quantitative estimate of drug-likeness (QED) is 0.667. The molecule has 0 bridgehead atoms. The Kier molecular flexibility index (Phi) is 2.26. The first-order chi connectivity index (χ1) is 8.63. The third-order valence-electron chi connectivity index (χ3n) is 2.61. The molecule has 0 atom stereocenters. The molecule has 0 aliphatic rings. The first-order valence-electron chi connectivity index (χ1n) is 5.43. The Balaban J connectivity index is 2.22. The van der Waals surface area contributed by atoms with E-state index in [0.717, 1.165) is 5.69 Å². The van der Waals surface area contributed by atoms with Gasteiger partial charge in [-0.1, -0.05) is 0 Å². The molecular formula is C13H10FN3O. The van der Waals surface area contributed by atoms with Crippen molar-refractivity contribution in [3.05, 3.63) is 41.8 Å². The second kappa shape index (κ2) is 3.80. The second-order valence-corrected chi connectivity index (χ2v) is 4.03. The first kappa shape index (κ1) is 10.7. The van der Waals surface area contributed by atoms with Gasteiger partial charge in [0.2, 0.25) is 5.89 Å². The maximum Gasteiger partial charge on any atom is 0.231 e. The van der Waals surface area contributed by atoms with E-state index in [1.54, 1.807) is 6.07 Å². The van der Waals surface area contributed by atoms with Gasteiger partial charge in [0.15, 0.2) is 11.2 Å². The zero-order chi connectivity index (χ0) is 12.7. The number of pyridine rings is 1. The number of hydrogen-bond acceptors (Lipinski definition) is 4. The molecule has 0 unspecified atom stereocenters. The van der Waals surface area contributed by atoms with Crippen molar-refractivity contribution in [3.63, 3.8) is 0 Å². The van der Waals surface area contributed by atoms with Gasteiger partial charge in [0, 0.05) is 11.4 Å². The summed E-state index contributed by atoms with van der Waals surface area (Å²) in [5, 5.41) is 0. The number of benzene rings is 1. The lowest BCUT2D eigenvalue weighted by molar-refractivity contribution is 0.593. The number of halogens is 1. The molecule has 4 nitrogen and oxygen atoms in total. The first-order valence-corrected chi connectivity index (χ1v) is 5.43. The van der Waals surface area contributed by atoms with E-state index >= 15 is 0 Å². The van der Waals surface area contributed by atoms with Crippen molar-refractivity contribution < 1.29 is 8.81 Å². The molecule has 0 radical (unpaired) electrons. The van der Waals surface area contributed by atoms with Crippen LogP contribution in [0.3, 0.4) is 0 Å². The minimum Gasteiger partial charge on any atom is -0.434 e. The third kappa shape index (κ3) is 1.69. The predicted octanol–water partition coefficient (Wildman–Crippen LogP) is 2.92. The summed E-state index contributed by atoms with van der Waals surface area (Å²) in [5.41, 5.74) is 8.15. The SMILES string of the molecule is Cc1ccc2oc(-c3cc(N)ccc3F)nc2n1. The topological polar surface area (TPSA) is 64.9 Å². The summed E-state index contributed by atoms with van der Waals surface area (Å²) in [6, 6.07) is 7.85. The lowest BCUT2D eigenvalue weighted by Crippen LogP contribution is -1.89. The zero-order valence-electron chi connectivity index (χ0n) is 9.64. The van der Waals surface area contributed by atoms with E-state index in [4.69, 9.17) is 10.2 Å². The van der Waals surface area contributed by atoms with Gasteiger partial charge < -0.3 is 10.2 Å². The van der Waals surface area contributed by atoms with E-state index in [1.165, 1.54) is 18.2 Å². The number of oxazole rings is 1. The number of nitrogen functional groups attached to an aromatic ring is 1. The van der Waals surface area contributed by atoms with Crippen LogP contribution in [0.25, 0.3) is 22.7 Å². The van der Waals surface area contributed by atoms with Crippen molar-refractivity contribution >= 4 is 16.9 Å². The maximum atomic E-state index is 13.7. The lowest BCUT2D eigenvalue weighted by Gasteiger charge is -1.98. The van der Waals surface area contributed by atoms with Crippen LogP contribution < -0.4 is 5.73 Å². The number of nitrogens with two attached hydrogens (primary N) is 1. The predicted molar refractivity (Wildman–Crippen MR) is 66.3 cm³/mol. The highest BCUT2D eigenvalue weighted by molar-refractivity contribution is 5.73. The lowest BCUT2D eigenvalue weighted by atomic mass is 10.2. The summed E-state index contributed by atoms with van der Waals surface area (Å²) in [4.78, 5) is 8.39. The zero-order valence-corrected chi connectivity index (χ0v) is 9.64. The van der Waals surface area contributed by atoms with E-state index in [0.29, 0.717) is 16.9 Å². The number of anilines is 1. The summed E-state index contributed by atoms with van der Waals surface area (Å²) in [6.07, 6.45) is 0. The number of fused-ring (bicyclic) bond motifs is 1. The molecule has 2 aromatic heterocycles. The highest BCUT2D eigenvalue weighted by Crippen LogP contribution is 2.27. The summed E-state index contributed by atoms with van der Waals surface area (Å²) < 4.78 is 19.2. The van der Waals surface area contributed by atoms with Crippen molar-refractivity contribution in [2.75, 3.05) is 5.73 Å². The average Bonchev–Trinajstić information content (AvgIpc) is 2.74. The van der Waals surface area contributed by atoms with Gasteiger partial charge in [-0.15, -0.1) is 0 Å². The molecule has 0 saturated carbocycles. The minimum absolute atomic E-state index is 0.188. The molecule has 3 aromatic rings. The van der Waals surface area contributed by atoms with Crippen molar-refractivity contribution in [2.45, 2.75) is 6.92 Å². The van der Waals surface area contributed by atoms with Gasteiger partial charge in [-0.25, -0.2) is 9.37 Å². The maximum absolute atomic E-state index is 13.7. The van der Waals surface area contributed by atoms with E-state index in [-0.39, 0.29) is 11.5 Å². The standard InChI is InChI=1S/C13H10FN3O/c1-7-2-5-11-12(16-7)17-13(18-11)9-6-8(15)3-4-10(9)14/h2-6H,15H2,1H3. The van der Waals surface area contributed by atoms with Crippen LogP contribution in [0, 0.1) is 12.7 Å². The summed E-state index contributed by atoms with van der Waals surface area (Å²) in [6.45, 7) is 1.86. The van der Waals surface area contributed by atoms with Gasteiger partial charge in [-0.2, -0.15) is 4.98 Å². The highest BCUT2D eigenvalue weighted by atomic mass is 19.1. The van der Waals surface area contributed by atoms with Crippen molar-refractivity contribution in [1.82, 2.24) is 9.97 Å². The molecule has 2 N–H and O–H groups in total. The number of rotatable bonds is 1. The van der Waals surface area contributed by atoms with Crippen LogP contribution in [0.15, 0.2) is 34.7 Å². The molecule has 1 aromatic carbocycles. The minimum atomic E-state index is -0.424. The van der Waals surface area contributed by atoms with E-state index in [9.17, 15) is 4.39 Å². The smallest absolute Gasteiger partial charge is 0.231 e. The fourth-order valence-electron chi connectivity index (χ4n) is 1.74. The largest absolute Gasteiger partial charge is 0.434 e. The average molecular weight is 243 g/mol. The second-order valence-electron chi connectivity index (χ2n) is 4.03. The van der Waals surface area contributed by atoms with E-state index < -0.39 is 5.82 Å². The number of aromatic nitrogens is 2. The molecule has 0 aliphatic carbocycles. The van der Waals surface area contributed by atoms with Crippen LogP contribution >= 0.6 is 0 Å². The van der Waals surface area contributed by atoms with Gasteiger partial charge in [-0.3, -0.25) is 0 Å². The number of aryl methyl sites for hydroxylation is 1. The Hall–Kier alpha value is -2.43. The molecule has 18 heavy (non-hydrogen) atoms. The van der Waals surface area contributed by atoms with Crippen LogP contribution in [-0.4, -0.2) is 9.97 Å². The fourth-order valence-corrected chi connectivity index (χ4v) is 1.74. The van der Waals surface area contributed by atoms with Gasteiger partial charge in [0.1, 0.15) is 5.82 Å². The Morgan fingerprint density at radius 1 is 1.17 bits per heavy atom. The number of hydrogen-bond donors (Lipinski definition) is 1. The summed E-state index contributed by atoms with van der Waals surface area (Å²) >= 11 is 0. The summed E-state index contributed by atoms with van der Waals surface area (Å²) in [5.74, 6) is -0.236. The van der Waals surface area contributed by atoms with Gasteiger partial charge >= 0.3 is 0 Å². The van der Waals surface area contributed by atoms with Crippen molar-refractivity contribution in [3.8, 4) is 11.5 Å². The van der Waals surface area contributed by atoms with Crippen LogP contribution in [-0.2, 0) is 0 Å². The fraction of sp³-hybridized carbons (Fsp3) is 0.0769. The van der Waals surface area contributed by atoms with Crippen molar-refractivity contribution in [2.24, 2.45) is 0 Å². The molecule has 0 aliphatic heterocycles. The molecule has 3 rings (SSSR count). The molecule has 90 valence electrons. The van der Waals surface area contributed by atoms with Gasteiger partial charge in [0.05, 0.1) is 5.56 Å². The third-order valence-corrected chi connectivity index (χ3v) is 2.61. The molecule has 0 spiro atoms. The molecule has 5 heteroatoms. The Bertz CT molecular complexity index is 736. The van der Waals surface area contributed by atoms with Gasteiger partial charge in [-0.05, 0) is 37.3 Å². The molecule has 0 amide bonds. The summed E-state index contributed by atoms with van der Waals surface area (Å²) in [7, 11) is 0. The van der Waals surface area contributed by atoms with E-state index in [1.807, 2.05) is 13.0 Å². The van der Waals surface area contributed by atoms with Crippen molar-refractivity contribution in [1.29, 1.82) is 0 Å². The van der Waals surface area contributed by atoms with Crippen LogP contribution in [0.5, 0.6) is 0 Å². The van der Waals surface area contributed by atoms with Crippen LogP contribution in [0.1, 0.15) is 5.69 Å². The monoisotopic (exact) mass is 243 g/mol. The molecular weight excluding hydrogens is 233 g/mol. The normalized spacial score (nSPS) is 11.0.